The van der Waals surface area contributed by atoms with Crippen LogP contribution >= 0.6 is 34.4 Å². The first-order valence-electron chi connectivity index (χ1n) is 9.18. The largest absolute Gasteiger partial charge is 0.454 e. The molecule has 4 rings (SSSR count). The molecule has 3 N–H and O–H groups in total. The number of rotatable bonds is 8. The lowest BCUT2D eigenvalue weighted by atomic mass is 10.2. The Bertz CT molecular complexity index is 1250. The van der Waals surface area contributed by atoms with Gasteiger partial charge in [0.05, 0.1) is 6.26 Å². The molecule has 1 aliphatic rings. The Balaban J connectivity index is 1.53. The van der Waals surface area contributed by atoms with Crippen molar-refractivity contribution < 1.29 is 17.9 Å². The second-order valence-electron chi connectivity index (χ2n) is 6.64. The van der Waals surface area contributed by atoms with E-state index in [2.05, 4.69) is 42.3 Å². The van der Waals surface area contributed by atoms with Gasteiger partial charge in [0.15, 0.2) is 22.1 Å². The Morgan fingerprint density at radius 1 is 1.32 bits per heavy atom. The van der Waals surface area contributed by atoms with Crippen molar-refractivity contribution in [2.75, 3.05) is 18.5 Å². The summed E-state index contributed by atoms with van der Waals surface area (Å²) < 4.78 is 39.7. The van der Waals surface area contributed by atoms with Crippen molar-refractivity contribution in [2.45, 2.75) is 24.4 Å². The molecule has 1 unspecified atom stereocenters. The van der Waals surface area contributed by atoms with Crippen molar-refractivity contribution >= 4 is 61.4 Å². The average molecular weight is 574 g/mol. The Morgan fingerprint density at radius 2 is 2.13 bits per heavy atom. The number of fused-ring (bicyclic) bond motifs is 1. The molecule has 1 aliphatic heterocycles. The summed E-state index contributed by atoms with van der Waals surface area (Å²) in [7, 11) is -3.25. The fraction of sp³-hybridized carbons (Fsp3) is 0.278. The van der Waals surface area contributed by atoms with Crippen molar-refractivity contribution in [3.05, 3.63) is 51.1 Å². The van der Waals surface area contributed by atoms with Crippen LogP contribution in [0.2, 0.25) is 0 Å². The van der Waals surface area contributed by atoms with Gasteiger partial charge >= 0.3 is 0 Å². The van der Waals surface area contributed by atoms with Crippen LogP contribution in [0.3, 0.4) is 0 Å². The number of ether oxygens (including phenoxy) is 2. The van der Waals surface area contributed by atoms with Crippen LogP contribution in [0.4, 0.5) is 5.82 Å². The molecule has 164 valence electrons. The van der Waals surface area contributed by atoms with E-state index in [4.69, 9.17) is 15.2 Å². The molecular weight excluding hydrogens is 555 g/mol. The Labute approximate surface area is 196 Å². The van der Waals surface area contributed by atoms with Gasteiger partial charge in [-0.15, -0.1) is 0 Å². The Hall–Kier alpha value is -2.10. The van der Waals surface area contributed by atoms with Crippen molar-refractivity contribution in [2.24, 2.45) is 0 Å². The van der Waals surface area contributed by atoms with Gasteiger partial charge < -0.3 is 19.8 Å². The summed E-state index contributed by atoms with van der Waals surface area (Å²) in [5.74, 6) is 0.272. The number of benzene rings is 1. The maximum atomic E-state index is 11.3. The molecule has 0 saturated carbocycles. The standard InChI is InChI=1S/C18H19IN6O4S2/c1-31(26,27)23-7-4-8-25-16-14(15(20)21-10-22-16)24-18(25)30-13-9-28-17(29-13)11-5-2-3-6-12(11)19/h2-3,5-6,9-10,17,23H,4,7-8H2,1H3,(H2,20,21,22). The van der Waals surface area contributed by atoms with Crippen molar-refractivity contribution in [3.8, 4) is 0 Å². The van der Waals surface area contributed by atoms with E-state index in [1.165, 1.54) is 18.1 Å². The smallest absolute Gasteiger partial charge is 0.268 e. The number of hydrogen-bond donors (Lipinski definition) is 2. The van der Waals surface area contributed by atoms with E-state index < -0.39 is 16.3 Å². The molecule has 0 bridgehead atoms. The fourth-order valence-corrected chi connectivity index (χ4v) is 4.93. The van der Waals surface area contributed by atoms with E-state index in [-0.39, 0.29) is 5.82 Å². The van der Waals surface area contributed by atoms with Crippen LogP contribution in [0.15, 0.2) is 47.1 Å². The van der Waals surface area contributed by atoms with E-state index >= 15 is 0 Å². The lowest BCUT2D eigenvalue weighted by Gasteiger charge is -2.13. The molecule has 3 heterocycles. The van der Waals surface area contributed by atoms with Gasteiger partial charge in [0, 0.05) is 22.2 Å². The van der Waals surface area contributed by atoms with E-state index in [1.54, 1.807) is 6.26 Å². The van der Waals surface area contributed by atoms with Crippen LogP contribution in [0.5, 0.6) is 0 Å². The van der Waals surface area contributed by atoms with Gasteiger partial charge in [-0.3, -0.25) is 0 Å². The van der Waals surface area contributed by atoms with Crippen molar-refractivity contribution in [1.29, 1.82) is 0 Å². The van der Waals surface area contributed by atoms with E-state index in [1.807, 2.05) is 28.8 Å². The minimum Gasteiger partial charge on any atom is -0.454 e. The number of nitrogens with one attached hydrogen (secondary N) is 1. The van der Waals surface area contributed by atoms with E-state index in [9.17, 15) is 8.42 Å². The summed E-state index contributed by atoms with van der Waals surface area (Å²) in [5.41, 5.74) is 7.96. The van der Waals surface area contributed by atoms with Crippen LogP contribution in [0, 0.1) is 3.57 Å². The number of thioether (sulfide) groups is 1. The summed E-state index contributed by atoms with van der Waals surface area (Å²) >= 11 is 3.52. The third-order valence-corrected chi connectivity index (χ3v) is 6.91. The van der Waals surface area contributed by atoms with Gasteiger partial charge in [-0.1, -0.05) is 18.2 Å². The van der Waals surface area contributed by atoms with Gasteiger partial charge in [-0.05, 0) is 46.8 Å². The first-order chi connectivity index (χ1) is 14.8. The Kier molecular flexibility index (Phi) is 6.55. The predicted molar refractivity (Wildman–Crippen MR) is 125 cm³/mol. The van der Waals surface area contributed by atoms with E-state index in [0.717, 1.165) is 15.4 Å². The zero-order valence-electron chi connectivity index (χ0n) is 16.4. The number of nitrogens with zero attached hydrogens (tertiary/aromatic N) is 4. The fourth-order valence-electron chi connectivity index (χ4n) is 2.93. The molecule has 1 aromatic carbocycles. The maximum Gasteiger partial charge on any atom is 0.268 e. The quantitative estimate of drug-likeness (QED) is 0.308. The summed E-state index contributed by atoms with van der Waals surface area (Å²) in [6.07, 6.45) is 4.07. The first kappa shape index (κ1) is 22.1. The summed E-state index contributed by atoms with van der Waals surface area (Å²) in [5, 5.41) is 1.14. The highest BCUT2D eigenvalue weighted by Crippen LogP contribution is 2.39. The van der Waals surface area contributed by atoms with Crippen molar-refractivity contribution in [1.82, 2.24) is 24.2 Å². The molecule has 10 nitrogen and oxygen atoms in total. The SMILES string of the molecule is CS(=O)(=O)NCCCn1c(SC2=COC(c3ccccc3I)O2)nc2c(N)ncnc21. The molecule has 3 aromatic rings. The normalized spacial score (nSPS) is 16.2. The lowest BCUT2D eigenvalue weighted by molar-refractivity contribution is -0.0279. The highest BCUT2D eigenvalue weighted by atomic mass is 127. The number of sulfonamides is 1. The molecule has 0 fully saturated rings. The topological polar surface area (TPSA) is 134 Å². The monoisotopic (exact) mass is 574 g/mol. The minimum atomic E-state index is -3.25. The van der Waals surface area contributed by atoms with Gasteiger partial charge in [0.1, 0.15) is 12.6 Å². The maximum absolute atomic E-state index is 11.3. The second-order valence-corrected chi connectivity index (χ2v) is 10.6. The summed E-state index contributed by atoms with van der Waals surface area (Å²) in [6.45, 7) is 0.770. The molecular formula is C18H19IN6O4S2. The van der Waals surface area contributed by atoms with Crippen LogP contribution in [-0.4, -0.2) is 40.7 Å². The highest BCUT2D eigenvalue weighted by Gasteiger charge is 2.26. The zero-order chi connectivity index (χ0) is 22.0. The molecule has 1 atom stereocenters. The second kappa shape index (κ2) is 9.18. The molecule has 31 heavy (non-hydrogen) atoms. The van der Waals surface area contributed by atoms with Crippen LogP contribution in [0.1, 0.15) is 18.3 Å². The number of aromatic nitrogens is 4. The molecule has 0 radical (unpaired) electrons. The third kappa shape index (κ3) is 5.22. The van der Waals surface area contributed by atoms with Crippen molar-refractivity contribution in [3.63, 3.8) is 0 Å². The average Bonchev–Trinajstić information content (AvgIpc) is 3.31. The van der Waals surface area contributed by atoms with Crippen LogP contribution in [-0.2, 0) is 26.0 Å². The molecule has 0 saturated heterocycles. The van der Waals surface area contributed by atoms with Crippen LogP contribution in [0.25, 0.3) is 11.2 Å². The number of anilines is 1. The zero-order valence-corrected chi connectivity index (χ0v) is 20.1. The lowest BCUT2D eigenvalue weighted by Crippen LogP contribution is -2.24. The third-order valence-electron chi connectivity index (χ3n) is 4.31. The molecule has 0 spiro atoms. The minimum absolute atomic E-state index is 0.272. The highest BCUT2D eigenvalue weighted by molar-refractivity contribution is 14.1. The van der Waals surface area contributed by atoms with Gasteiger partial charge in [0.25, 0.3) is 6.29 Å². The molecule has 13 heteroatoms. The number of imidazole rings is 1. The van der Waals surface area contributed by atoms with Crippen LogP contribution < -0.4 is 10.5 Å². The molecule has 0 amide bonds. The van der Waals surface area contributed by atoms with Gasteiger partial charge in [-0.25, -0.2) is 28.1 Å². The Morgan fingerprint density at radius 3 is 2.90 bits per heavy atom. The molecule has 0 aliphatic carbocycles. The van der Waals surface area contributed by atoms with Gasteiger partial charge in [-0.2, -0.15) is 0 Å². The first-order valence-corrected chi connectivity index (χ1v) is 13.0. The number of nitrogens with two attached hydrogens (primary N) is 1. The van der Waals surface area contributed by atoms with Gasteiger partial charge in [0.2, 0.25) is 15.1 Å². The predicted octanol–water partition coefficient (Wildman–Crippen LogP) is 2.59. The summed E-state index contributed by atoms with van der Waals surface area (Å²) in [4.78, 5) is 12.9. The number of hydrogen-bond acceptors (Lipinski definition) is 9. The number of halogens is 1. The molecule has 2 aromatic heterocycles. The van der Waals surface area contributed by atoms with E-state index in [0.29, 0.717) is 40.9 Å². The number of aryl methyl sites for hydroxylation is 1. The summed E-state index contributed by atoms with van der Waals surface area (Å²) in [6, 6.07) is 7.82. The number of nitrogen functional groups attached to an aromatic ring is 1.